The third kappa shape index (κ3) is 3.01. The molecule has 1 aliphatic rings. The quantitative estimate of drug-likeness (QED) is 0.410. The van der Waals surface area contributed by atoms with E-state index < -0.39 is 21.6 Å². The maximum Gasteiger partial charge on any atom is 0.343 e. The summed E-state index contributed by atoms with van der Waals surface area (Å²) in [6, 6.07) is 20.2. The lowest BCUT2D eigenvalue weighted by atomic mass is 9.90. The van der Waals surface area contributed by atoms with Gasteiger partial charge in [-0.25, -0.2) is 17.2 Å². The van der Waals surface area contributed by atoms with Crippen LogP contribution in [0.3, 0.4) is 0 Å². The number of ether oxygens (including phenoxy) is 3. The molecule has 0 bridgehead atoms. The zero-order valence-corrected chi connectivity index (χ0v) is 19.0. The summed E-state index contributed by atoms with van der Waals surface area (Å²) in [5.41, 5.74) is 0.202. The number of aromatic nitrogens is 1. The van der Waals surface area contributed by atoms with Crippen molar-refractivity contribution in [2.45, 2.75) is 17.4 Å². The highest BCUT2D eigenvalue weighted by Gasteiger charge is 2.48. The molecule has 1 atom stereocenters. The van der Waals surface area contributed by atoms with Crippen LogP contribution in [0.5, 0.6) is 11.5 Å². The lowest BCUT2D eigenvalue weighted by Crippen LogP contribution is -2.29. The van der Waals surface area contributed by atoms with Crippen molar-refractivity contribution in [1.29, 1.82) is 0 Å². The largest absolute Gasteiger partial charge is 0.497 e. The summed E-state index contributed by atoms with van der Waals surface area (Å²) in [7, 11) is -1.01. The van der Waals surface area contributed by atoms with Crippen LogP contribution in [-0.2, 0) is 20.4 Å². The van der Waals surface area contributed by atoms with E-state index in [4.69, 9.17) is 14.2 Å². The van der Waals surface area contributed by atoms with Crippen LogP contribution in [0.1, 0.15) is 28.5 Å². The van der Waals surface area contributed by atoms with Gasteiger partial charge in [0.2, 0.25) is 0 Å². The second kappa shape index (κ2) is 7.38. The maximum atomic E-state index is 13.9. The zero-order chi connectivity index (χ0) is 23.4. The van der Waals surface area contributed by atoms with E-state index in [2.05, 4.69) is 0 Å². The van der Waals surface area contributed by atoms with E-state index in [-0.39, 0.29) is 10.5 Å². The minimum absolute atomic E-state index is 0.123. The average molecular weight is 464 g/mol. The van der Waals surface area contributed by atoms with Gasteiger partial charge in [0.25, 0.3) is 10.0 Å². The van der Waals surface area contributed by atoms with Crippen LogP contribution in [-0.4, -0.2) is 32.6 Å². The van der Waals surface area contributed by atoms with Crippen molar-refractivity contribution < 1.29 is 27.4 Å². The molecule has 0 spiro atoms. The summed E-state index contributed by atoms with van der Waals surface area (Å²) in [5, 5.41) is 0.637. The lowest BCUT2D eigenvalue weighted by molar-refractivity contribution is 0.0162. The number of fused-ring (bicyclic) bond motifs is 2. The molecule has 0 aliphatic carbocycles. The van der Waals surface area contributed by atoms with Crippen LogP contribution < -0.4 is 9.47 Å². The number of nitrogens with zero attached hydrogens (tertiary/aromatic N) is 1. The molecule has 0 saturated carbocycles. The molecule has 0 amide bonds. The number of hydrogen-bond donors (Lipinski definition) is 0. The number of carbonyl (C=O) groups excluding carboxylic acids is 1. The SMILES string of the molecule is COc1ccc2c(c1)cc(C1(C)OC(=O)c3c(OC)cccc31)n2S(=O)(=O)c1ccccc1. The summed E-state index contributed by atoms with van der Waals surface area (Å²) in [6.07, 6.45) is 0. The number of rotatable bonds is 5. The standard InChI is InChI=1S/C25H21NO6S/c1-25(19-10-7-11-21(31-3)23(19)24(27)32-25)22-15-16-14-17(30-2)12-13-20(16)26(22)33(28,29)18-8-5-4-6-9-18/h4-15H,1-3H3. The molecule has 168 valence electrons. The van der Waals surface area contributed by atoms with E-state index in [0.717, 1.165) is 0 Å². The second-order valence-corrected chi connectivity index (χ2v) is 9.63. The second-order valence-electron chi connectivity index (χ2n) is 7.84. The molecule has 0 N–H and O–H groups in total. The van der Waals surface area contributed by atoms with Crippen LogP contribution in [0.4, 0.5) is 0 Å². The van der Waals surface area contributed by atoms with Gasteiger partial charge in [-0.3, -0.25) is 0 Å². The van der Waals surface area contributed by atoms with Crippen molar-refractivity contribution in [1.82, 2.24) is 3.97 Å². The topological polar surface area (TPSA) is 83.8 Å². The highest BCUT2D eigenvalue weighted by molar-refractivity contribution is 7.90. The van der Waals surface area contributed by atoms with E-state index in [1.165, 1.54) is 23.2 Å². The summed E-state index contributed by atoms with van der Waals surface area (Å²) in [4.78, 5) is 13.0. The van der Waals surface area contributed by atoms with Gasteiger partial charge in [0.1, 0.15) is 17.1 Å². The first-order valence-electron chi connectivity index (χ1n) is 10.2. The molecule has 8 heteroatoms. The number of methoxy groups -OCH3 is 2. The van der Waals surface area contributed by atoms with Gasteiger partial charge in [-0.2, -0.15) is 0 Å². The van der Waals surface area contributed by atoms with E-state index in [0.29, 0.717) is 33.7 Å². The normalized spacial score (nSPS) is 17.6. The Morgan fingerprint density at radius 3 is 2.36 bits per heavy atom. The smallest absolute Gasteiger partial charge is 0.343 e. The zero-order valence-electron chi connectivity index (χ0n) is 18.2. The third-order valence-corrected chi connectivity index (χ3v) is 7.74. The van der Waals surface area contributed by atoms with Gasteiger partial charge in [-0.05, 0) is 49.4 Å². The number of carbonyl (C=O) groups is 1. The Labute approximate surface area is 191 Å². The molecular weight excluding hydrogens is 442 g/mol. The Balaban J connectivity index is 1.86. The van der Waals surface area contributed by atoms with Gasteiger partial charge in [0, 0.05) is 10.9 Å². The summed E-state index contributed by atoms with van der Waals surface area (Å²) >= 11 is 0. The first-order valence-corrected chi connectivity index (χ1v) is 11.7. The van der Waals surface area contributed by atoms with Gasteiger partial charge in [0.15, 0.2) is 5.60 Å². The Kier molecular flexibility index (Phi) is 4.72. The molecule has 0 fully saturated rings. The maximum absolute atomic E-state index is 13.9. The molecule has 0 radical (unpaired) electrons. The molecule has 1 aliphatic heterocycles. The van der Waals surface area contributed by atoms with Crippen LogP contribution in [0.15, 0.2) is 77.7 Å². The molecule has 7 nitrogen and oxygen atoms in total. The van der Waals surface area contributed by atoms with Gasteiger partial charge in [0.05, 0.1) is 30.3 Å². The number of benzene rings is 3. The molecule has 1 aromatic heterocycles. The van der Waals surface area contributed by atoms with Crippen LogP contribution in [0.2, 0.25) is 0 Å². The minimum atomic E-state index is -4.03. The van der Waals surface area contributed by atoms with Crippen LogP contribution >= 0.6 is 0 Å². The van der Waals surface area contributed by atoms with Crippen molar-refractivity contribution in [3.8, 4) is 11.5 Å². The molecule has 1 unspecified atom stereocenters. The van der Waals surface area contributed by atoms with E-state index in [1.54, 1.807) is 74.7 Å². The van der Waals surface area contributed by atoms with Crippen LogP contribution in [0.25, 0.3) is 10.9 Å². The number of cyclic esters (lactones) is 1. The molecule has 0 saturated heterocycles. The Morgan fingerprint density at radius 1 is 0.909 bits per heavy atom. The highest BCUT2D eigenvalue weighted by atomic mass is 32.2. The number of esters is 1. The molecule has 33 heavy (non-hydrogen) atoms. The fourth-order valence-corrected chi connectivity index (χ4v) is 6.00. The first-order chi connectivity index (χ1) is 15.8. The van der Waals surface area contributed by atoms with Crippen LogP contribution in [0, 0.1) is 0 Å². The summed E-state index contributed by atoms with van der Waals surface area (Å²) < 4.78 is 45.6. The monoisotopic (exact) mass is 463 g/mol. The van der Waals surface area contributed by atoms with E-state index in [9.17, 15) is 13.2 Å². The molecule has 3 aromatic carbocycles. The van der Waals surface area contributed by atoms with E-state index >= 15 is 0 Å². The Morgan fingerprint density at radius 2 is 1.67 bits per heavy atom. The summed E-state index contributed by atoms with van der Waals surface area (Å²) in [6.45, 7) is 1.69. The first kappa shape index (κ1) is 21.1. The highest BCUT2D eigenvalue weighted by Crippen LogP contribution is 2.47. The number of hydrogen-bond acceptors (Lipinski definition) is 6. The average Bonchev–Trinajstić information content (AvgIpc) is 3.35. The molecule has 2 heterocycles. The van der Waals surface area contributed by atoms with Gasteiger partial charge >= 0.3 is 5.97 Å². The summed E-state index contributed by atoms with van der Waals surface area (Å²) in [5.74, 6) is 0.381. The third-order valence-electron chi connectivity index (χ3n) is 6.00. The Bertz CT molecular complexity index is 1510. The molecule has 4 aromatic rings. The van der Waals surface area contributed by atoms with Gasteiger partial charge in [-0.1, -0.05) is 30.3 Å². The predicted octanol–water partition coefficient (Wildman–Crippen LogP) is 4.33. The molecular formula is C25H21NO6S. The minimum Gasteiger partial charge on any atom is -0.497 e. The van der Waals surface area contributed by atoms with Crippen molar-refractivity contribution >= 4 is 26.9 Å². The van der Waals surface area contributed by atoms with Gasteiger partial charge < -0.3 is 14.2 Å². The Hall–Kier alpha value is -3.78. The van der Waals surface area contributed by atoms with Crippen molar-refractivity contribution in [2.75, 3.05) is 14.2 Å². The van der Waals surface area contributed by atoms with Gasteiger partial charge in [-0.15, -0.1) is 0 Å². The van der Waals surface area contributed by atoms with Crippen molar-refractivity contribution in [2.24, 2.45) is 0 Å². The predicted molar refractivity (Wildman–Crippen MR) is 122 cm³/mol. The van der Waals surface area contributed by atoms with E-state index in [1.807, 2.05) is 0 Å². The lowest BCUT2D eigenvalue weighted by Gasteiger charge is -2.26. The van der Waals surface area contributed by atoms with Crippen molar-refractivity contribution in [3.05, 3.63) is 89.6 Å². The fraction of sp³-hybridized carbons (Fsp3) is 0.160. The van der Waals surface area contributed by atoms with Crippen molar-refractivity contribution in [3.63, 3.8) is 0 Å². The molecule has 5 rings (SSSR count). The fourth-order valence-electron chi connectivity index (χ4n) is 4.38.